The second kappa shape index (κ2) is 9.38. The number of aryl methyl sites for hydroxylation is 3. The fourth-order valence-corrected chi connectivity index (χ4v) is 3.16. The van der Waals surface area contributed by atoms with Crippen molar-refractivity contribution in [2.24, 2.45) is 0 Å². The smallest absolute Gasteiger partial charge is 0.243 e. The molecule has 7 nitrogen and oxygen atoms in total. The fourth-order valence-electron chi connectivity index (χ4n) is 2.40. The second-order valence-corrected chi connectivity index (χ2v) is 7.42. The molecule has 2 aromatic rings. The molecule has 140 valence electrons. The normalized spacial score (nSPS) is 11.8. The van der Waals surface area contributed by atoms with Gasteiger partial charge in [-0.15, -0.1) is 5.10 Å². The molecule has 0 fully saturated rings. The largest absolute Gasteiger partial charge is 0.346 e. The summed E-state index contributed by atoms with van der Waals surface area (Å²) in [6, 6.07) is 5.81. The van der Waals surface area contributed by atoms with Crippen LogP contribution in [-0.4, -0.2) is 38.8 Å². The number of thioether (sulfide) groups is 1. The Balaban J connectivity index is 1.82. The molecule has 0 unspecified atom stereocenters. The lowest BCUT2D eigenvalue weighted by Gasteiger charge is -2.13. The molecule has 3 N–H and O–H groups in total. The highest BCUT2D eigenvalue weighted by Crippen LogP contribution is 2.20. The van der Waals surface area contributed by atoms with Crippen LogP contribution in [0.25, 0.3) is 0 Å². The van der Waals surface area contributed by atoms with Crippen molar-refractivity contribution in [1.29, 1.82) is 0 Å². The van der Waals surface area contributed by atoms with Crippen molar-refractivity contribution in [3.63, 3.8) is 0 Å². The van der Waals surface area contributed by atoms with Gasteiger partial charge in [-0.3, -0.25) is 14.7 Å². The van der Waals surface area contributed by atoms with Gasteiger partial charge in [0.15, 0.2) is 0 Å². The first kappa shape index (κ1) is 20.0. The molecular weight excluding hydrogens is 350 g/mol. The number of aromatic amines is 1. The number of amides is 2. The Kier molecular flexibility index (Phi) is 7.20. The van der Waals surface area contributed by atoms with Crippen LogP contribution in [0.3, 0.4) is 0 Å². The maximum atomic E-state index is 12.2. The molecule has 0 radical (unpaired) electrons. The highest BCUT2D eigenvalue weighted by molar-refractivity contribution is 8.00. The number of nitrogens with one attached hydrogen (secondary N) is 3. The standard InChI is InChI=1S/C18H25N5O2S/c1-5-7-14-20-18(23-22-14)26-13(4)17(25)19-10-15(24)21-16-11(2)8-6-9-12(16)3/h6,8-9,13H,5,7,10H2,1-4H3,(H,19,25)(H,21,24)(H,20,22,23)/t13-/m0/s1. The van der Waals surface area contributed by atoms with Crippen molar-refractivity contribution in [1.82, 2.24) is 20.5 Å². The molecule has 0 saturated heterocycles. The van der Waals surface area contributed by atoms with E-state index < -0.39 is 5.25 Å². The van der Waals surface area contributed by atoms with Crippen molar-refractivity contribution in [3.05, 3.63) is 35.2 Å². The van der Waals surface area contributed by atoms with Gasteiger partial charge in [0.25, 0.3) is 0 Å². The molecule has 1 heterocycles. The van der Waals surface area contributed by atoms with Gasteiger partial charge in [-0.25, -0.2) is 4.98 Å². The molecule has 0 aliphatic heterocycles. The van der Waals surface area contributed by atoms with Crippen molar-refractivity contribution in [2.75, 3.05) is 11.9 Å². The number of rotatable bonds is 8. The summed E-state index contributed by atoms with van der Waals surface area (Å²) in [6.45, 7) is 7.62. The highest BCUT2D eigenvalue weighted by atomic mass is 32.2. The fraction of sp³-hybridized carbons (Fsp3) is 0.444. The number of hydrogen-bond acceptors (Lipinski definition) is 5. The van der Waals surface area contributed by atoms with Crippen LogP contribution in [0.1, 0.15) is 37.2 Å². The van der Waals surface area contributed by atoms with Crippen LogP contribution in [0.4, 0.5) is 5.69 Å². The molecule has 26 heavy (non-hydrogen) atoms. The molecule has 0 spiro atoms. The number of H-pyrrole nitrogens is 1. The van der Waals surface area contributed by atoms with E-state index in [1.807, 2.05) is 32.0 Å². The SMILES string of the molecule is CCCc1nc(S[C@@H](C)C(=O)NCC(=O)Nc2c(C)cccc2C)n[nH]1. The molecule has 2 rings (SSSR count). The maximum absolute atomic E-state index is 12.2. The summed E-state index contributed by atoms with van der Waals surface area (Å²) in [5.74, 6) is 0.333. The van der Waals surface area contributed by atoms with E-state index in [1.54, 1.807) is 6.92 Å². The van der Waals surface area contributed by atoms with Gasteiger partial charge in [-0.05, 0) is 38.3 Å². The van der Waals surface area contributed by atoms with Gasteiger partial charge in [0.2, 0.25) is 17.0 Å². The summed E-state index contributed by atoms with van der Waals surface area (Å²) >= 11 is 1.26. The maximum Gasteiger partial charge on any atom is 0.243 e. The Morgan fingerprint density at radius 2 is 1.96 bits per heavy atom. The third kappa shape index (κ3) is 5.59. The molecule has 0 aliphatic carbocycles. The number of carbonyl (C=O) groups is 2. The monoisotopic (exact) mass is 375 g/mol. The predicted octanol–water partition coefficient (Wildman–Crippen LogP) is 2.61. The number of carbonyl (C=O) groups excluding carboxylic acids is 2. The average molecular weight is 375 g/mol. The Labute approximate surface area is 157 Å². The molecule has 2 amide bonds. The lowest BCUT2D eigenvalue weighted by atomic mass is 10.1. The number of para-hydroxylation sites is 1. The van der Waals surface area contributed by atoms with Crippen molar-refractivity contribution < 1.29 is 9.59 Å². The van der Waals surface area contributed by atoms with Crippen molar-refractivity contribution in [3.8, 4) is 0 Å². The van der Waals surface area contributed by atoms with Gasteiger partial charge < -0.3 is 10.6 Å². The van der Waals surface area contributed by atoms with Crippen LogP contribution < -0.4 is 10.6 Å². The second-order valence-electron chi connectivity index (χ2n) is 6.11. The van der Waals surface area contributed by atoms with Crippen LogP contribution in [0.2, 0.25) is 0 Å². The summed E-state index contributed by atoms with van der Waals surface area (Å²) in [5, 5.41) is 12.6. The molecule has 0 aliphatic rings. The van der Waals surface area contributed by atoms with Crippen LogP contribution in [0, 0.1) is 13.8 Å². The zero-order valence-corrected chi connectivity index (χ0v) is 16.4. The van der Waals surface area contributed by atoms with Crippen molar-refractivity contribution in [2.45, 2.75) is 50.9 Å². The first-order valence-corrected chi connectivity index (χ1v) is 9.50. The Morgan fingerprint density at radius 1 is 1.27 bits per heavy atom. The minimum absolute atomic E-state index is 0.0768. The van der Waals surface area contributed by atoms with E-state index in [4.69, 9.17) is 0 Å². The van der Waals surface area contributed by atoms with Gasteiger partial charge in [0.1, 0.15) is 5.82 Å². The van der Waals surface area contributed by atoms with Gasteiger partial charge in [0.05, 0.1) is 11.8 Å². The third-order valence-electron chi connectivity index (χ3n) is 3.82. The van der Waals surface area contributed by atoms with E-state index in [0.29, 0.717) is 5.16 Å². The lowest BCUT2D eigenvalue weighted by molar-refractivity contribution is -0.123. The summed E-state index contributed by atoms with van der Waals surface area (Å²) in [7, 11) is 0. The van der Waals surface area contributed by atoms with E-state index in [9.17, 15) is 9.59 Å². The van der Waals surface area contributed by atoms with E-state index in [2.05, 4.69) is 32.7 Å². The van der Waals surface area contributed by atoms with E-state index in [1.165, 1.54) is 11.8 Å². The molecule has 0 bridgehead atoms. The van der Waals surface area contributed by atoms with Crippen LogP contribution in [0.5, 0.6) is 0 Å². The zero-order chi connectivity index (χ0) is 19.1. The van der Waals surface area contributed by atoms with Crippen LogP contribution in [0.15, 0.2) is 23.4 Å². The Bertz CT molecular complexity index is 754. The molecule has 8 heteroatoms. The van der Waals surface area contributed by atoms with Gasteiger partial charge >= 0.3 is 0 Å². The molecule has 1 atom stereocenters. The van der Waals surface area contributed by atoms with Gasteiger partial charge in [-0.2, -0.15) is 0 Å². The summed E-state index contributed by atoms with van der Waals surface area (Å²) in [6.07, 6.45) is 1.80. The van der Waals surface area contributed by atoms with Gasteiger partial charge in [0, 0.05) is 12.1 Å². The van der Waals surface area contributed by atoms with Crippen LogP contribution in [-0.2, 0) is 16.0 Å². The Morgan fingerprint density at radius 3 is 2.62 bits per heavy atom. The number of anilines is 1. The molecular formula is C18H25N5O2S. The first-order chi connectivity index (χ1) is 12.4. The summed E-state index contributed by atoms with van der Waals surface area (Å²) in [5.41, 5.74) is 2.76. The number of hydrogen-bond donors (Lipinski definition) is 3. The van der Waals surface area contributed by atoms with E-state index >= 15 is 0 Å². The minimum Gasteiger partial charge on any atom is -0.346 e. The quantitative estimate of drug-likeness (QED) is 0.616. The molecule has 0 saturated carbocycles. The van der Waals surface area contributed by atoms with Crippen LogP contribution >= 0.6 is 11.8 Å². The summed E-state index contributed by atoms with van der Waals surface area (Å²) < 4.78 is 0. The average Bonchev–Trinajstić information content (AvgIpc) is 3.03. The highest BCUT2D eigenvalue weighted by Gasteiger charge is 2.18. The number of nitrogens with zero attached hydrogens (tertiary/aromatic N) is 2. The van der Waals surface area contributed by atoms with E-state index in [-0.39, 0.29) is 18.4 Å². The third-order valence-corrected chi connectivity index (χ3v) is 4.78. The minimum atomic E-state index is -0.395. The van der Waals surface area contributed by atoms with Gasteiger partial charge in [-0.1, -0.05) is 36.9 Å². The topological polar surface area (TPSA) is 99.8 Å². The number of benzene rings is 1. The Hall–Kier alpha value is -2.35. The summed E-state index contributed by atoms with van der Waals surface area (Å²) in [4.78, 5) is 28.6. The zero-order valence-electron chi connectivity index (χ0n) is 15.5. The van der Waals surface area contributed by atoms with Crippen molar-refractivity contribution >= 4 is 29.3 Å². The molecule has 1 aromatic carbocycles. The molecule has 1 aromatic heterocycles. The number of aromatic nitrogens is 3. The lowest BCUT2D eigenvalue weighted by Crippen LogP contribution is -2.37. The van der Waals surface area contributed by atoms with E-state index in [0.717, 1.165) is 35.5 Å². The predicted molar refractivity (Wildman–Crippen MR) is 103 cm³/mol. The first-order valence-electron chi connectivity index (χ1n) is 8.62.